The van der Waals surface area contributed by atoms with Crippen LogP contribution in [-0.2, 0) is 16.6 Å². The van der Waals surface area contributed by atoms with Crippen LogP contribution in [0.25, 0.3) is 0 Å². The summed E-state index contributed by atoms with van der Waals surface area (Å²) in [5.74, 6) is 0.658. The van der Waals surface area contributed by atoms with Crippen molar-refractivity contribution in [1.82, 2.24) is 14.9 Å². The molecule has 0 saturated heterocycles. The van der Waals surface area contributed by atoms with Gasteiger partial charge in [-0.1, -0.05) is 19.3 Å². The number of aliphatic hydroxyl groups excluding tert-OH is 1. The molecular weight excluding hydrogens is 254 g/mol. The largest absolute Gasteiger partial charge is 0.392 e. The van der Waals surface area contributed by atoms with Crippen molar-refractivity contribution in [3.63, 3.8) is 0 Å². The van der Waals surface area contributed by atoms with Crippen molar-refractivity contribution in [3.8, 4) is 0 Å². The molecule has 7 heteroatoms. The highest BCUT2D eigenvalue weighted by Gasteiger charge is 2.24. The van der Waals surface area contributed by atoms with Crippen LogP contribution in [0.3, 0.4) is 0 Å². The number of aromatic amines is 1. The Kier molecular flexibility index (Phi) is 4.04. The van der Waals surface area contributed by atoms with Gasteiger partial charge in [-0.15, -0.1) is 0 Å². The number of nitrogens with one attached hydrogen (secondary N) is 2. The highest BCUT2D eigenvalue weighted by molar-refractivity contribution is 7.89. The maximum absolute atomic E-state index is 12.0. The number of aromatic nitrogens is 2. The zero-order chi connectivity index (χ0) is 13.2. The number of H-pyrrole nitrogens is 1. The predicted octanol–water partition coefficient (Wildman–Crippen LogP) is 0.679. The molecule has 102 valence electrons. The van der Waals surface area contributed by atoms with Crippen molar-refractivity contribution in [2.75, 3.05) is 6.54 Å². The van der Waals surface area contributed by atoms with Crippen LogP contribution >= 0.6 is 0 Å². The highest BCUT2D eigenvalue weighted by atomic mass is 32.2. The van der Waals surface area contributed by atoms with Gasteiger partial charge in [0.2, 0.25) is 0 Å². The van der Waals surface area contributed by atoms with Crippen LogP contribution in [0.2, 0.25) is 0 Å². The Bertz CT molecular complexity index is 506. The summed E-state index contributed by atoms with van der Waals surface area (Å²) in [5, 5.41) is 15.4. The van der Waals surface area contributed by atoms with Gasteiger partial charge in [-0.2, -0.15) is 5.10 Å². The Balaban J connectivity index is 2.00. The first-order chi connectivity index (χ1) is 8.54. The zero-order valence-electron chi connectivity index (χ0n) is 10.4. The molecule has 0 atom stereocenters. The summed E-state index contributed by atoms with van der Waals surface area (Å²) < 4.78 is 26.6. The van der Waals surface area contributed by atoms with Crippen LogP contribution in [-0.4, -0.2) is 30.3 Å². The minimum Gasteiger partial charge on any atom is -0.392 e. The van der Waals surface area contributed by atoms with E-state index >= 15 is 0 Å². The molecule has 2 rings (SSSR count). The molecule has 1 aliphatic rings. The van der Waals surface area contributed by atoms with Crippen LogP contribution in [0.4, 0.5) is 0 Å². The second-order valence-corrected chi connectivity index (χ2v) is 6.46. The van der Waals surface area contributed by atoms with E-state index in [2.05, 4.69) is 14.9 Å². The Hall–Kier alpha value is -0.920. The molecule has 3 N–H and O–H groups in total. The van der Waals surface area contributed by atoms with Crippen molar-refractivity contribution in [3.05, 3.63) is 11.3 Å². The molecular formula is C11H19N3O3S. The van der Waals surface area contributed by atoms with E-state index in [1.807, 2.05) is 0 Å². The topological polar surface area (TPSA) is 95.1 Å². The SMILES string of the molecule is Cc1[nH]nc(S(=O)(=O)NCCC2CCC2)c1CO. The van der Waals surface area contributed by atoms with Gasteiger partial charge in [-0.05, 0) is 19.3 Å². The lowest BCUT2D eigenvalue weighted by atomic mass is 9.83. The summed E-state index contributed by atoms with van der Waals surface area (Å²) in [6, 6.07) is 0. The fourth-order valence-corrected chi connectivity index (χ4v) is 3.32. The third-order valence-electron chi connectivity index (χ3n) is 3.52. The van der Waals surface area contributed by atoms with Gasteiger partial charge >= 0.3 is 0 Å². The van der Waals surface area contributed by atoms with Gasteiger partial charge in [-0.3, -0.25) is 5.10 Å². The fraction of sp³-hybridized carbons (Fsp3) is 0.727. The Morgan fingerprint density at radius 1 is 1.50 bits per heavy atom. The number of rotatable bonds is 6. The number of nitrogens with zero attached hydrogens (tertiary/aromatic N) is 1. The third-order valence-corrected chi connectivity index (χ3v) is 4.95. The van der Waals surface area contributed by atoms with Gasteiger partial charge in [0.1, 0.15) is 0 Å². The van der Waals surface area contributed by atoms with Crippen molar-refractivity contribution in [2.45, 2.75) is 44.2 Å². The second-order valence-electron chi connectivity index (χ2n) is 4.77. The van der Waals surface area contributed by atoms with Gasteiger partial charge < -0.3 is 5.11 Å². The molecule has 6 nitrogen and oxygen atoms in total. The third kappa shape index (κ3) is 2.73. The Morgan fingerprint density at radius 3 is 2.78 bits per heavy atom. The van der Waals surface area contributed by atoms with Crippen molar-refractivity contribution >= 4 is 10.0 Å². The molecule has 0 bridgehead atoms. The van der Waals surface area contributed by atoms with Crippen molar-refractivity contribution in [1.29, 1.82) is 0 Å². The molecule has 1 fully saturated rings. The molecule has 0 aromatic carbocycles. The minimum atomic E-state index is -3.61. The molecule has 18 heavy (non-hydrogen) atoms. The quantitative estimate of drug-likeness (QED) is 0.710. The first-order valence-corrected chi connectivity index (χ1v) is 7.67. The van der Waals surface area contributed by atoms with Crippen LogP contribution < -0.4 is 4.72 Å². The van der Waals surface area contributed by atoms with E-state index < -0.39 is 10.0 Å². The van der Waals surface area contributed by atoms with Crippen LogP contribution in [0.15, 0.2) is 5.03 Å². The Morgan fingerprint density at radius 2 is 2.22 bits per heavy atom. The van der Waals surface area contributed by atoms with E-state index in [0.717, 1.165) is 6.42 Å². The van der Waals surface area contributed by atoms with E-state index in [1.54, 1.807) is 6.92 Å². The normalized spacial score (nSPS) is 16.8. The van der Waals surface area contributed by atoms with Gasteiger partial charge in [0.15, 0.2) is 5.03 Å². The number of sulfonamides is 1. The van der Waals surface area contributed by atoms with Gasteiger partial charge in [0, 0.05) is 17.8 Å². The summed E-state index contributed by atoms with van der Waals surface area (Å²) in [6.45, 7) is 1.79. The smallest absolute Gasteiger partial charge is 0.260 e. The average molecular weight is 273 g/mol. The maximum atomic E-state index is 12.0. The first kappa shape index (κ1) is 13.5. The summed E-state index contributed by atoms with van der Waals surface area (Å²) in [4.78, 5) is 0. The highest BCUT2D eigenvalue weighted by Crippen LogP contribution is 2.28. The molecule has 1 aliphatic carbocycles. The minimum absolute atomic E-state index is 0.0869. The zero-order valence-corrected chi connectivity index (χ0v) is 11.3. The lowest BCUT2D eigenvalue weighted by Gasteiger charge is -2.24. The van der Waals surface area contributed by atoms with Crippen LogP contribution in [0.1, 0.15) is 36.9 Å². The number of hydrogen-bond acceptors (Lipinski definition) is 4. The number of hydrogen-bond donors (Lipinski definition) is 3. The first-order valence-electron chi connectivity index (χ1n) is 6.19. The van der Waals surface area contributed by atoms with E-state index in [9.17, 15) is 8.42 Å². The summed E-state index contributed by atoms with van der Waals surface area (Å²) in [5.41, 5.74) is 0.919. The van der Waals surface area contributed by atoms with Gasteiger partial charge in [0.05, 0.1) is 6.61 Å². The number of aryl methyl sites for hydroxylation is 1. The van der Waals surface area contributed by atoms with E-state index in [-0.39, 0.29) is 11.6 Å². The molecule has 0 aliphatic heterocycles. The molecule has 1 heterocycles. The van der Waals surface area contributed by atoms with Gasteiger partial charge in [0.25, 0.3) is 10.0 Å². The molecule has 0 spiro atoms. The lowest BCUT2D eigenvalue weighted by molar-refractivity contribution is 0.277. The molecule has 1 aromatic rings. The standard InChI is InChI=1S/C11H19N3O3S/c1-8-10(7-15)11(14-13-8)18(16,17)12-6-5-9-3-2-4-9/h9,12,15H,2-7H2,1H3,(H,13,14). The second kappa shape index (κ2) is 5.38. The van der Waals surface area contributed by atoms with E-state index in [1.165, 1.54) is 19.3 Å². The molecule has 0 unspecified atom stereocenters. The molecule has 0 amide bonds. The molecule has 1 saturated carbocycles. The molecule has 1 aromatic heterocycles. The van der Waals surface area contributed by atoms with E-state index in [4.69, 9.17) is 5.11 Å². The summed E-state index contributed by atoms with van der Waals surface area (Å²) in [7, 11) is -3.61. The van der Waals surface area contributed by atoms with Crippen LogP contribution in [0.5, 0.6) is 0 Å². The molecule has 0 radical (unpaired) electrons. The summed E-state index contributed by atoms with van der Waals surface area (Å²) in [6.07, 6.45) is 4.53. The van der Waals surface area contributed by atoms with Crippen LogP contribution in [0, 0.1) is 12.8 Å². The monoisotopic (exact) mass is 273 g/mol. The number of aliphatic hydroxyl groups is 1. The van der Waals surface area contributed by atoms with Crippen molar-refractivity contribution in [2.24, 2.45) is 5.92 Å². The fourth-order valence-electron chi connectivity index (χ4n) is 2.09. The lowest BCUT2D eigenvalue weighted by Crippen LogP contribution is -2.28. The van der Waals surface area contributed by atoms with E-state index in [0.29, 0.717) is 23.7 Å². The van der Waals surface area contributed by atoms with Crippen molar-refractivity contribution < 1.29 is 13.5 Å². The predicted molar refractivity (Wildman–Crippen MR) is 66.4 cm³/mol. The van der Waals surface area contributed by atoms with Gasteiger partial charge in [-0.25, -0.2) is 13.1 Å². The Labute approximate surface area is 107 Å². The summed E-state index contributed by atoms with van der Waals surface area (Å²) >= 11 is 0. The average Bonchev–Trinajstić information content (AvgIpc) is 2.64. The maximum Gasteiger partial charge on any atom is 0.260 e.